The number of rotatable bonds is 2. The number of halogens is 6. The maximum atomic E-state index is 13.2. The molecule has 0 saturated heterocycles. The second-order valence-corrected chi connectivity index (χ2v) is 6.67. The van der Waals surface area contributed by atoms with Crippen LogP contribution in [0.25, 0.3) is 0 Å². The zero-order valence-electron chi connectivity index (χ0n) is 9.14. The summed E-state index contributed by atoms with van der Waals surface area (Å²) in [4.78, 5) is 0.688. The van der Waals surface area contributed by atoms with Crippen LogP contribution in [0.5, 0.6) is 0 Å². The first kappa shape index (κ1) is 14.8. The number of benzene rings is 1. The van der Waals surface area contributed by atoms with Gasteiger partial charge in [-0.3, -0.25) is 0 Å². The summed E-state index contributed by atoms with van der Waals surface area (Å²) < 4.78 is 51.8. The third-order valence-electron chi connectivity index (χ3n) is 2.43. The summed E-state index contributed by atoms with van der Waals surface area (Å²) in [7, 11) is 0. The van der Waals surface area contributed by atoms with Crippen molar-refractivity contribution in [2.75, 3.05) is 0 Å². The third kappa shape index (κ3) is 3.30. The maximum absolute atomic E-state index is 13.2. The van der Waals surface area contributed by atoms with Gasteiger partial charge in [-0.2, -0.15) is 13.2 Å². The van der Waals surface area contributed by atoms with E-state index in [-0.39, 0.29) is 5.56 Å². The minimum Gasteiger partial charge on any atom is -0.206 e. The Kier molecular flexibility index (Phi) is 4.23. The van der Waals surface area contributed by atoms with E-state index in [2.05, 4.69) is 15.9 Å². The van der Waals surface area contributed by atoms with E-state index < -0.39 is 22.9 Å². The van der Waals surface area contributed by atoms with Crippen LogP contribution in [-0.4, -0.2) is 0 Å². The molecule has 0 amide bonds. The van der Waals surface area contributed by atoms with Crippen LogP contribution < -0.4 is 0 Å². The molecular formula is C12H6BrClF4S. The van der Waals surface area contributed by atoms with Crippen LogP contribution in [-0.2, 0) is 6.18 Å². The van der Waals surface area contributed by atoms with Gasteiger partial charge in [-0.15, -0.1) is 22.9 Å². The highest BCUT2D eigenvalue weighted by molar-refractivity contribution is 9.11. The molecule has 0 radical (unpaired) electrons. The topological polar surface area (TPSA) is 0 Å². The highest BCUT2D eigenvalue weighted by Crippen LogP contribution is 2.38. The van der Waals surface area contributed by atoms with E-state index in [0.717, 1.165) is 15.9 Å². The number of alkyl halides is 4. The molecule has 1 atom stereocenters. The molecule has 1 unspecified atom stereocenters. The van der Waals surface area contributed by atoms with Crippen LogP contribution in [0.2, 0.25) is 0 Å². The van der Waals surface area contributed by atoms with Crippen molar-refractivity contribution in [1.82, 2.24) is 0 Å². The van der Waals surface area contributed by atoms with Crippen molar-refractivity contribution in [2.24, 2.45) is 0 Å². The molecule has 0 saturated carbocycles. The standard InChI is InChI=1S/C12H6BrClF4S/c13-10-4-3-9(19-10)11(14)6-1-2-8(15)7(5-6)12(16,17)18/h1-5,11H. The molecular weight excluding hydrogens is 368 g/mol. The van der Waals surface area contributed by atoms with E-state index in [1.165, 1.54) is 17.4 Å². The zero-order chi connectivity index (χ0) is 14.2. The van der Waals surface area contributed by atoms with Gasteiger partial charge in [-0.1, -0.05) is 6.07 Å². The molecule has 102 valence electrons. The van der Waals surface area contributed by atoms with Crippen molar-refractivity contribution < 1.29 is 17.6 Å². The van der Waals surface area contributed by atoms with E-state index in [0.29, 0.717) is 4.88 Å². The van der Waals surface area contributed by atoms with Gasteiger partial charge in [0.1, 0.15) is 5.82 Å². The fourth-order valence-electron chi connectivity index (χ4n) is 1.55. The molecule has 0 bridgehead atoms. The Hall–Kier alpha value is -0.590. The van der Waals surface area contributed by atoms with Gasteiger partial charge in [-0.25, -0.2) is 4.39 Å². The van der Waals surface area contributed by atoms with Gasteiger partial charge in [0, 0.05) is 4.88 Å². The zero-order valence-corrected chi connectivity index (χ0v) is 12.3. The summed E-state index contributed by atoms with van der Waals surface area (Å²) in [6.45, 7) is 0. The Morgan fingerprint density at radius 1 is 1.16 bits per heavy atom. The largest absolute Gasteiger partial charge is 0.419 e. The Bertz CT molecular complexity index is 594. The SMILES string of the molecule is Fc1ccc(C(Cl)c2ccc(Br)s2)cc1C(F)(F)F. The molecule has 1 aromatic carbocycles. The number of hydrogen-bond acceptors (Lipinski definition) is 1. The first-order chi connectivity index (χ1) is 8.79. The second kappa shape index (κ2) is 5.42. The van der Waals surface area contributed by atoms with Crippen LogP contribution in [0.15, 0.2) is 34.1 Å². The summed E-state index contributed by atoms with van der Waals surface area (Å²) in [5.74, 6) is -1.30. The van der Waals surface area contributed by atoms with Crippen molar-refractivity contribution in [3.05, 3.63) is 55.9 Å². The van der Waals surface area contributed by atoms with E-state index in [9.17, 15) is 17.6 Å². The molecule has 1 aromatic heterocycles. The lowest BCUT2D eigenvalue weighted by Gasteiger charge is -2.12. The molecule has 0 nitrogen and oxygen atoms in total. The van der Waals surface area contributed by atoms with Gasteiger partial charge in [0.2, 0.25) is 0 Å². The summed E-state index contributed by atoms with van der Waals surface area (Å²) in [5, 5.41) is -0.738. The second-order valence-electron chi connectivity index (χ2n) is 3.74. The summed E-state index contributed by atoms with van der Waals surface area (Å²) in [6.07, 6.45) is -4.73. The fourth-order valence-corrected chi connectivity index (χ4v) is 3.32. The molecule has 0 aliphatic carbocycles. The predicted molar refractivity (Wildman–Crippen MR) is 71.1 cm³/mol. The molecule has 0 fully saturated rings. The molecule has 2 rings (SSSR count). The highest BCUT2D eigenvalue weighted by atomic mass is 79.9. The van der Waals surface area contributed by atoms with E-state index in [4.69, 9.17) is 11.6 Å². The van der Waals surface area contributed by atoms with Crippen molar-refractivity contribution in [1.29, 1.82) is 0 Å². The third-order valence-corrected chi connectivity index (χ3v) is 4.74. The monoisotopic (exact) mass is 372 g/mol. The summed E-state index contributed by atoms with van der Waals surface area (Å²) in [6, 6.07) is 6.26. The average Bonchev–Trinajstić information content (AvgIpc) is 2.74. The minimum atomic E-state index is -4.73. The van der Waals surface area contributed by atoms with E-state index in [1.54, 1.807) is 12.1 Å². The lowest BCUT2D eigenvalue weighted by Crippen LogP contribution is -2.09. The quantitative estimate of drug-likeness (QED) is 0.447. The molecule has 0 aliphatic heterocycles. The van der Waals surface area contributed by atoms with Gasteiger partial charge in [0.25, 0.3) is 0 Å². The highest BCUT2D eigenvalue weighted by Gasteiger charge is 2.34. The smallest absolute Gasteiger partial charge is 0.206 e. The lowest BCUT2D eigenvalue weighted by atomic mass is 10.1. The van der Waals surface area contributed by atoms with Gasteiger partial charge in [0.15, 0.2) is 0 Å². The average molecular weight is 374 g/mol. The minimum absolute atomic E-state index is 0.213. The number of hydrogen-bond donors (Lipinski definition) is 0. The van der Waals surface area contributed by atoms with Crippen LogP contribution in [0, 0.1) is 5.82 Å². The Morgan fingerprint density at radius 3 is 2.37 bits per heavy atom. The molecule has 0 spiro atoms. The molecule has 1 heterocycles. The Balaban J connectivity index is 2.41. The lowest BCUT2D eigenvalue weighted by molar-refractivity contribution is -0.140. The maximum Gasteiger partial charge on any atom is 0.419 e. The van der Waals surface area contributed by atoms with Gasteiger partial charge in [0.05, 0.1) is 14.7 Å². The van der Waals surface area contributed by atoms with E-state index in [1.807, 2.05) is 0 Å². The molecule has 19 heavy (non-hydrogen) atoms. The van der Waals surface area contributed by atoms with Crippen LogP contribution in [0.4, 0.5) is 17.6 Å². The fraction of sp³-hybridized carbons (Fsp3) is 0.167. The molecule has 0 N–H and O–H groups in total. The van der Waals surface area contributed by atoms with Crippen LogP contribution in [0.1, 0.15) is 21.4 Å². The first-order valence-corrected chi connectivity index (χ1v) is 7.09. The van der Waals surface area contributed by atoms with Crippen molar-refractivity contribution in [3.63, 3.8) is 0 Å². The van der Waals surface area contributed by atoms with Crippen molar-refractivity contribution >= 4 is 38.9 Å². The number of thiophene rings is 1. The predicted octanol–water partition coefficient (Wildman–Crippen LogP) is 6.00. The Morgan fingerprint density at radius 2 is 1.84 bits per heavy atom. The van der Waals surface area contributed by atoms with Gasteiger partial charge in [-0.05, 0) is 45.8 Å². The van der Waals surface area contributed by atoms with Gasteiger partial charge < -0.3 is 0 Å². The van der Waals surface area contributed by atoms with Crippen molar-refractivity contribution in [2.45, 2.75) is 11.6 Å². The van der Waals surface area contributed by atoms with Gasteiger partial charge >= 0.3 is 6.18 Å². The molecule has 0 aliphatic rings. The van der Waals surface area contributed by atoms with Crippen LogP contribution >= 0.6 is 38.9 Å². The normalized spacial score (nSPS) is 13.6. The summed E-state index contributed by atoms with van der Waals surface area (Å²) in [5.41, 5.74) is -1.09. The molecule has 7 heteroatoms. The molecule has 2 aromatic rings. The van der Waals surface area contributed by atoms with Crippen molar-refractivity contribution in [3.8, 4) is 0 Å². The van der Waals surface area contributed by atoms with Crippen LogP contribution in [0.3, 0.4) is 0 Å². The first-order valence-electron chi connectivity index (χ1n) is 5.05. The Labute approximate surface area is 124 Å². The summed E-state index contributed by atoms with van der Waals surface area (Å²) >= 11 is 10.7. The van der Waals surface area contributed by atoms with E-state index >= 15 is 0 Å².